The standard InChI is InChI=1S/C19H20ClN3O3S/c20-18-6-5-17(27-18)19(24)21-12-15-11-16(22-26-15)13-1-3-14(4-2-13)23-7-9-25-10-8-23/h1-6,15H,7-12H2,(H,21,24). The van der Waals surface area contributed by atoms with Gasteiger partial charge in [0.25, 0.3) is 5.91 Å². The molecule has 4 rings (SSSR count). The van der Waals surface area contributed by atoms with Gasteiger partial charge in [-0.15, -0.1) is 11.3 Å². The molecule has 1 fully saturated rings. The maximum absolute atomic E-state index is 12.1. The fourth-order valence-corrected chi connectivity index (χ4v) is 4.08. The van der Waals surface area contributed by atoms with Gasteiger partial charge in [-0.1, -0.05) is 28.9 Å². The number of oxime groups is 1. The van der Waals surface area contributed by atoms with Gasteiger partial charge in [0.1, 0.15) is 6.10 Å². The van der Waals surface area contributed by atoms with Gasteiger partial charge < -0.3 is 19.8 Å². The summed E-state index contributed by atoms with van der Waals surface area (Å²) in [5.74, 6) is -0.140. The van der Waals surface area contributed by atoms with Gasteiger partial charge in [-0.3, -0.25) is 4.79 Å². The molecular formula is C19H20ClN3O3S. The first-order chi connectivity index (χ1) is 13.2. The Hall–Kier alpha value is -2.09. The highest BCUT2D eigenvalue weighted by atomic mass is 35.5. The minimum atomic E-state index is -0.154. The molecule has 8 heteroatoms. The first kappa shape index (κ1) is 18.3. The molecule has 1 amide bonds. The zero-order valence-corrected chi connectivity index (χ0v) is 16.3. The molecule has 3 heterocycles. The number of nitrogens with one attached hydrogen (secondary N) is 1. The molecule has 0 bridgehead atoms. The van der Waals surface area contributed by atoms with Gasteiger partial charge >= 0.3 is 0 Å². The number of amides is 1. The average Bonchev–Trinajstić information content (AvgIpc) is 3.36. The van der Waals surface area contributed by atoms with Crippen LogP contribution in [0.15, 0.2) is 41.6 Å². The van der Waals surface area contributed by atoms with Gasteiger partial charge in [-0.2, -0.15) is 0 Å². The van der Waals surface area contributed by atoms with Crippen molar-refractivity contribution in [3.05, 3.63) is 51.2 Å². The van der Waals surface area contributed by atoms with E-state index in [1.54, 1.807) is 12.1 Å². The maximum atomic E-state index is 12.1. The summed E-state index contributed by atoms with van der Waals surface area (Å²) in [7, 11) is 0. The van der Waals surface area contributed by atoms with Gasteiger partial charge in [-0.05, 0) is 29.8 Å². The van der Waals surface area contributed by atoms with E-state index in [4.69, 9.17) is 21.2 Å². The van der Waals surface area contributed by atoms with Gasteiger partial charge in [-0.25, -0.2) is 0 Å². The molecule has 0 saturated carbocycles. The lowest BCUT2D eigenvalue weighted by Gasteiger charge is -2.28. The largest absolute Gasteiger partial charge is 0.390 e. The van der Waals surface area contributed by atoms with E-state index in [-0.39, 0.29) is 12.0 Å². The smallest absolute Gasteiger partial charge is 0.261 e. The van der Waals surface area contributed by atoms with Crippen LogP contribution in [0.2, 0.25) is 4.34 Å². The third-order valence-electron chi connectivity index (χ3n) is 4.60. The van der Waals surface area contributed by atoms with Crippen molar-refractivity contribution < 1.29 is 14.4 Å². The number of hydrogen-bond acceptors (Lipinski definition) is 6. The van der Waals surface area contributed by atoms with Crippen molar-refractivity contribution in [1.82, 2.24) is 5.32 Å². The number of nitrogens with zero attached hydrogens (tertiary/aromatic N) is 2. The molecule has 0 aliphatic carbocycles. The SMILES string of the molecule is O=C(NCC1CC(c2ccc(N3CCOCC3)cc2)=NO1)c1ccc(Cl)s1. The molecule has 1 aromatic carbocycles. The maximum Gasteiger partial charge on any atom is 0.261 e. The lowest BCUT2D eigenvalue weighted by Crippen LogP contribution is -2.36. The fourth-order valence-electron chi connectivity index (χ4n) is 3.12. The summed E-state index contributed by atoms with van der Waals surface area (Å²) in [5.41, 5.74) is 3.15. The normalized spacial score (nSPS) is 19.5. The second-order valence-corrected chi connectivity index (χ2v) is 8.14. The minimum absolute atomic E-state index is 0.140. The molecule has 2 aliphatic rings. The summed E-state index contributed by atoms with van der Waals surface area (Å²) < 4.78 is 5.99. The number of carbonyl (C=O) groups excluding carboxylic acids is 1. The quantitative estimate of drug-likeness (QED) is 0.829. The second kappa shape index (κ2) is 8.29. The molecule has 1 N–H and O–H groups in total. The van der Waals surface area contributed by atoms with Crippen molar-refractivity contribution in [3.63, 3.8) is 0 Å². The van der Waals surface area contributed by atoms with Gasteiger partial charge in [0.15, 0.2) is 0 Å². The van der Waals surface area contributed by atoms with Gasteiger partial charge in [0.05, 0.1) is 34.7 Å². The van der Waals surface area contributed by atoms with E-state index in [1.807, 2.05) is 0 Å². The monoisotopic (exact) mass is 405 g/mol. The van der Waals surface area contributed by atoms with Gasteiger partial charge in [0, 0.05) is 25.2 Å². The van der Waals surface area contributed by atoms with Crippen LogP contribution in [0.3, 0.4) is 0 Å². The van der Waals surface area contributed by atoms with Crippen LogP contribution < -0.4 is 10.2 Å². The van der Waals surface area contributed by atoms with E-state index in [1.165, 1.54) is 17.0 Å². The molecule has 1 aromatic heterocycles. The summed E-state index contributed by atoms with van der Waals surface area (Å²) >= 11 is 7.13. The highest BCUT2D eigenvalue weighted by molar-refractivity contribution is 7.17. The molecule has 1 unspecified atom stereocenters. The molecular weight excluding hydrogens is 386 g/mol. The van der Waals surface area contributed by atoms with E-state index in [0.717, 1.165) is 37.6 Å². The average molecular weight is 406 g/mol. The van der Waals surface area contributed by atoms with Crippen molar-refractivity contribution >= 4 is 40.2 Å². The Morgan fingerprint density at radius 2 is 2.00 bits per heavy atom. The van der Waals surface area contributed by atoms with Crippen LogP contribution in [0, 0.1) is 0 Å². The van der Waals surface area contributed by atoms with E-state index < -0.39 is 0 Å². The number of thiophene rings is 1. The minimum Gasteiger partial charge on any atom is -0.390 e. The van der Waals surface area contributed by atoms with Crippen molar-refractivity contribution in [2.75, 3.05) is 37.7 Å². The van der Waals surface area contributed by atoms with Crippen LogP contribution >= 0.6 is 22.9 Å². The zero-order chi connectivity index (χ0) is 18.6. The first-order valence-corrected chi connectivity index (χ1v) is 10.1. The molecule has 2 aliphatic heterocycles. The third-order valence-corrected chi connectivity index (χ3v) is 5.83. The number of carbonyl (C=O) groups is 1. The Labute approximate surface area is 166 Å². The molecule has 1 saturated heterocycles. The van der Waals surface area contributed by atoms with Crippen LogP contribution in [0.4, 0.5) is 5.69 Å². The first-order valence-electron chi connectivity index (χ1n) is 8.88. The summed E-state index contributed by atoms with van der Waals surface area (Å²) in [6, 6.07) is 11.8. The Morgan fingerprint density at radius 3 is 2.70 bits per heavy atom. The van der Waals surface area contributed by atoms with Crippen LogP contribution in [0.5, 0.6) is 0 Å². The lowest BCUT2D eigenvalue weighted by molar-refractivity contribution is 0.0755. The predicted molar refractivity (Wildman–Crippen MR) is 107 cm³/mol. The van der Waals surface area contributed by atoms with Crippen LogP contribution in [-0.2, 0) is 9.57 Å². The molecule has 142 valence electrons. The molecule has 6 nitrogen and oxygen atoms in total. The molecule has 2 aromatic rings. The van der Waals surface area contributed by atoms with E-state index in [0.29, 0.717) is 22.2 Å². The van der Waals surface area contributed by atoms with E-state index in [9.17, 15) is 4.79 Å². The summed E-state index contributed by atoms with van der Waals surface area (Å²) in [5, 5.41) is 7.07. The van der Waals surface area contributed by atoms with Crippen LogP contribution in [0.1, 0.15) is 21.7 Å². The summed E-state index contributed by atoms with van der Waals surface area (Å²) in [4.78, 5) is 20.5. The number of anilines is 1. The number of benzene rings is 1. The number of halogens is 1. The van der Waals surface area contributed by atoms with Crippen molar-refractivity contribution in [1.29, 1.82) is 0 Å². The molecule has 27 heavy (non-hydrogen) atoms. The summed E-state index contributed by atoms with van der Waals surface area (Å²) in [6.07, 6.45) is 0.515. The zero-order valence-electron chi connectivity index (χ0n) is 14.7. The number of hydrogen-bond donors (Lipinski definition) is 1. The molecule has 0 spiro atoms. The Balaban J connectivity index is 1.29. The number of morpholine rings is 1. The third kappa shape index (κ3) is 4.43. The highest BCUT2D eigenvalue weighted by Crippen LogP contribution is 2.22. The fraction of sp³-hybridized carbons (Fsp3) is 0.368. The van der Waals surface area contributed by atoms with E-state index in [2.05, 4.69) is 39.6 Å². The lowest BCUT2D eigenvalue weighted by atomic mass is 10.0. The Bertz CT molecular complexity index is 831. The summed E-state index contributed by atoms with van der Waals surface area (Å²) in [6.45, 7) is 3.79. The topological polar surface area (TPSA) is 63.2 Å². The van der Waals surface area contributed by atoms with Crippen LogP contribution in [-0.4, -0.2) is 50.6 Å². The Kier molecular flexibility index (Phi) is 5.61. The van der Waals surface area contributed by atoms with Gasteiger partial charge in [0.2, 0.25) is 0 Å². The predicted octanol–water partition coefficient (Wildman–Crippen LogP) is 3.16. The van der Waals surface area contributed by atoms with Crippen molar-refractivity contribution in [2.24, 2.45) is 5.16 Å². The van der Waals surface area contributed by atoms with Crippen molar-refractivity contribution in [3.8, 4) is 0 Å². The Morgan fingerprint density at radius 1 is 1.22 bits per heavy atom. The number of ether oxygens (including phenoxy) is 1. The molecule has 1 atom stereocenters. The number of rotatable bonds is 5. The second-order valence-electron chi connectivity index (χ2n) is 6.43. The highest BCUT2D eigenvalue weighted by Gasteiger charge is 2.23. The molecule has 0 radical (unpaired) electrons. The van der Waals surface area contributed by atoms with Crippen molar-refractivity contribution in [2.45, 2.75) is 12.5 Å². The van der Waals surface area contributed by atoms with Crippen LogP contribution in [0.25, 0.3) is 0 Å². The van der Waals surface area contributed by atoms with E-state index >= 15 is 0 Å².